The highest BCUT2D eigenvalue weighted by atomic mass is 16.4. The molecule has 17 heavy (non-hydrogen) atoms. The molecule has 2 saturated heterocycles. The number of hydrogen-bond donors (Lipinski definition) is 1. The summed E-state index contributed by atoms with van der Waals surface area (Å²) in [5.74, 6) is -0.480. The van der Waals surface area contributed by atoms with Crippen molar-refractivity contribution < 1.29 is 9.90 Å². The van der Waals surface area contributed by atoms with E-state index in [9.17, 15) is 9.90 Å². The van der Waals surface area contributed by atoms with Gasteiger partial charge < -0.3 is 5.11 Å². The maximum atomic E-state index is 11.4. The molecule has 2 aliphatic rings. The molecule has 4 nitrogen and oxygen atoms in total. The topological polar surface area (TPSA) is 43.8 Å². The van der Waals surface area contributed by atoms with Gasteiger partial charge in [-0.1, -0.05) is 13.8 Å². The maximum Gasteiger partial charge on any atom is 0.321 e. The Kier molecular flexibility index (Phi) is 4.05. The number of fused-ring (bicyclic) bond motifs is 1. The first-order valence-electron chi connectivity index (χ1n) is 6.80. The Morgan fingerprint density at radius 3 is 2.59 bits per heavy atom. The first-order valence-corrected chi connectivity index (χ1v) is 6.80. The molecule has 2 fully saturated rings. The average Bonchev–Trinajstić information content (AvgIpc) is 2.56. The van der Waals surface area contributed by atoms with E-state index in [-0.39, 0.29) is 12.0 Å². The second-order valence-electron chi connectivity index (χ2n) is 5.71. The van der Waals surface area contributed by atoms with Crippen LogP contribution in [0.4, 0.5) is 0 Å². The minimum Gasteiger partial charge on any atom is -0.480 e. The van der Waals surface area contributed by atoms with E-state index < -0.39 is 5.97 Å². The van der Waals surface area contributed by atoms with Crippen LogP contribution in [0.5, 0.6) is 0 Å². The first kappa shape index (κ1) is 12.8. The molecule has 4 heteroatoms. The van der Waals surface area contributed by atoms with Crippen molar-refractivity contribution in [1.29, 1.82) is 0 Å². The van der Waals surface area contributed by atoms with Gasteiger partial charge in [0.2, 0.25) is 0 Å². The molecule has 2 atom stereocenters. The zero-order valence-corrected chi connectivity index (χ0v) is 10.9. The van der Waals surface area contributed by atoms with E-state index in [1.165, 1.54) is 19.4 Å². The second kappa shape index (κ2) is 5.36. The lowest BCUT2D eigenvalue weighted by Gasteiger charge is -2.32. The highest BCUT2D eigenvalue weighted by Gasteiger charge is 2.35. The molecule has 2 unspecified atom stereocenters. The highest BCUT2D eigenvalue weighted by Crippen LogP contribution is 2.24. The molecule has 0 radical (unpaired) electrons. The van der Waals surface area contributed by atoms with E-state index >= 15 is 0 Å². The Morgan fingerprint density at radius 2 is 1.94 bits per heavy atom. The summed E-state index contributed by atoms with van der Waals surface area (Å²) in [5, 5.41) is 9.37. The number of hydrogen-bond acceptors (Lipinski definition) is 3. The van der Waals surface area contributed by atoms with Gasteiger partial charge >= 0.3 is 5.97 Å². The summed E-state index contributed by atoms with van der Waals surface area (Å²) in [6, 6.07) is 0.286. The molecule has 0 bridgehead atoms. The molecular formula is C13H24N2O2. The van der Waals surface area contributed by atoms with E-state index in [1.807, 2.05) is 13.8 Å². The van der Waals surface area contributed by atoms with E-state index in [1.54, 1.807) is 0 Å². The van der Waals surface area contributed by atoms with Crippen LogP contribution in [0.3, 0.4) is 0 Å². The van der Waals surface area contributed by atoms with E-state index in [0.717, 1.165) is 26.1 Å². The van der Waals surface area contributed by atoms with Gasteiger partial charge in [-0.2, -0.15) is 0 Å². The minimum atomic E-state index is -0.661. The Hall–Kier alpha value is -0.610. The van der Waals surface area contributed by atoms with E-state index in [2.05, 4.69) is 9.80 Å². The van der Waals surface area contributed by atoms with Crippen molar-refractivity contribution in [2.24, 2.45) is 5.92 Å². The van der Waals surface area contributed by atoms with Gasteiger partial charge in [0, 0.05) is 19.1 Å². The number of carbonyl (C=O) groups is 1. The SMILES string of the molecule is CC(C)C(C(=O)O)N1CCCN2CCCC2C1. The van der Waals surface area contributed by atoms with Crippen LogP contribution in [-0.2, 0) is 4.79 Å². The fraction of sp³-hybridized carbons (Fsp3) is 0.923. The molecule has 1 N–H and O–H groups in total. The molecule has 0 amide bonds. The quantitative estimate of drug-likeness (QED) is 0.806. The number of carboxylic acid groups (broad SMARTS) is 1. The lowest BCUT2D eigenvalue weighted by Crippen LogP contribution is -2.48. The smallest absolute Gasteiger partial charge is 0.321 e. The molecule has 2 rings (SSSR count). The van der Waals surface area contributed by atoms with Gasteiger partial charge in [0.15, 0.2) is 0 Å². The predicted octanol–water partition coefficient (Wildman–Crippen LogP) is 1.27. The van der Waals surface area contributed by atoms with Crippen molar-refractivity contribution >= 4 is 5.97 Å². The molecule has 98 valence electrons. The van der Waals surface area contributed by atoms with Gasteiger partial charge in [-0.3, -0.25) is 14.6 Å². The predicted molar refractivity (Wildman–Crippen MR) is 67.0 cm³/mol. The van der Waals surface area contributed by atoms with Crippen molar-refractivity contribution in [1.82, 2.24) is 9.80 Å². The summed E-state index contributed by atoms with van der Waals surface area (Å²) in [4.78, 5) is 16.1. The lowest BCUT2D eigenvalue weighted by molar-refractivity contribution is -0.145. The molecule has 2 aliphatic heterocycles. The third-order valence-electron chi connectivity index (χ3n) is 4.11. The summed E-state index contributed by atoms with van der Waals surface area (Å²) in [7, 11) is 0. The zero-order valence-electron chi connectivity index (χ0n) is 10.9. The lowest BCUT2D eigenvalue weighted by atomic mass is 10.0. The number of aliphatic carboxylic acids is 1. The fourth-order valence-electron chi connectivity index (χ4n) is 3.35. The van der Waals surface area contributed by atoms with Gasteiger partial charge in [0.25, 0.3) is 0 Å². The van der Waals surface area contributed by atoms with E-state index in [0.29, 0.717) is 6.04 Å². The third-order valence-corrected chi connectivity index (χ3v) is 4.11. The van der Waals surface area contributed by atoms with Crippen molar-refractivity contribution in [3.63, 3.8) is 0 Å². The van der Waals surface area contributed by atoms with E-state index in [4.69, 9.17) is 0 Å². The average molecular weight is 240 g/mol. The van der Waals surface area contributed by atoms with Crippen LogP contribution in [0.1, 0.15) is 33.1 Å². The summed E-state index contributed by atoms with van der Waals surface area (Å²) in [6.07, 6.45) is 3.62. The fourth-order valence-corrected chi connectivity index (χ4v) is 3.35. The summed E-state index contributed by atoms with van der Waals surface area (Å²) in [6.45, 7) is 8.24. The van der Waals surface area contributed by atoms with Crippen molar-refractivity contribution in [3.8, 4) is 0 Å². The van der Waals surface area contributed by atoms with Crippen molar-refractivity contribution in [3.05, 3.63) is 0 Å². The van der Waals surface area contributed by atoms with Crippen LogP contribution in [0, 0.1) is 5.92 Å². The molecular weight excluding hydrogens is 216 g/mol. The van der Waals surface area contributed by atoms with Crippen LogP contribution in [0.2, 0.25) is 0 Å². The van der Waals surface area contributed by atoms with Crippen molar-refractivity contribution in [2.75, 3.05) is 26.2 Å². The number of rotatable bonds is 3. The standard InChI is InChI=1S/C13H24N2O2/c1-10(2)12(13(16)17)15-8-4-7-14-6-3-5-11(14)9-15/h10-12H,3-9H2,1-2H3,(H,16,17). The zero-order chi connectivity index (χ0) is 12.4. The Bertz CT molecular complexity index is 281. The molecule has 0 aromatic rings. The van der Waals surface area contributed by atoms with Crippen LogP contribution in [0.15, 0.2) is 0 Å². The number of carboxylic acids is 1. The second-order valence-corrected chi connectivity index (χ2v) is 5.71. The Balaban J connectivity index is 2.06. The van der Waals surface area contributed by atoms with Gasteiger partial charge in [-0.15, -0.1) is 0 Å². The van der Waals surface area contributed by atoms with Crippen LogP contribution < -0.4 is 0 Å². The van der Waals surface area contributed by atoms with Crippen LogP contribution >= 0.6 is 0 Å². The highest BCUT2D eigenvalue weighted by molar-refractivity contribution is 5.73. The molecule has 2 heterocycles. The Morgan fingerprint density at radius 1 is 1.24 bits per heavy atom. The van der Waals surface area contributed by atoms with Gasteiger partial charge in [-0.05, 0) is 38.3 Å². The minimum absolute atomic E-state index is 0.181. The maximum absolute atomic E-state index is 11.4. The third kappa shape index (κ3) is 2.80. The van der Waals surface area contributed by atoms with Crippen LogP contribution in [0.25, 0.3) is 0 Å². The molecule has 0 aromatic heterocycles. The summed E-state index contributed by atoms with van der Waals surface area (Å²) in [5.41, 5.74) is 0. The van der Waals surface area contributed by atoms with Gasteiger partial charge in [0.05, 0.1) is 0 Å². The molecule has 0 spiro atoms. The van der Waals surface area contributed by atoms with Gasteiger partial charge in [-0.25, -0.2) is 0 Å². The Labute approximate surface area is 104 Å². The molecule has 0 aromatic carbocycles. The van der Waals surface area contributed by atoms with Crippen molar-refractivity contribution in [2.45, 2.75) is 45.2 Å². The summed E-state index contributed by atoms with van der Waals surface area (Å²) < 4.78 is 0. The van der Waals surface area contributed by atoms with Crippen LogP contribution in [-0.4, -0.2) is 59.1 Å². The number of nitrogens with zero attached hydrogens (tertiary/aromatic N) is 2. The largest absolute Gasteiger partial charge is 0.480 e. The summed E-state index contributed by atoms with van der Waals surface area (Å²) >= 11 is 0. The first-order chi connectivity index (χ1) is 8.09. The van der Waals surface area contributed by atoms with Gasteiger partial charge in [0.1, 0.15) is 6.04 Å². The monoisotopic (exact) mass is 240 g/mol. The normalized spacial score (nSPS) is 29.0. The molecule has 0 saturated carbocycles. The molecule has 0 aliphatic carbocycles.